The van der Waals surface area contributed by atoms with Gasteiger partial charge in [-0.15, -0.1) is 0 Å². The summed E-state index contributed by atoms with van der Waals surface area (Å²) in [6, 6.07) is 16.3. The van der Waals surface area contributed by atoms with Crippen molar-refractivity contribution in [2.75, 3.05) is 7.11 Å². The summed E-state index contributed by atoms with van der Waals surface area (Å²) in [7, 11) is 1.26. The quantitative estimate of drug-likeness (QED) is 0.588. The number of carbonyl (C=O) groups excluding carboxylic acids is 3. The Morgan fingerprint density at radius 1 is 1.08 bits per heavy atom. The van der Waals surface area contributed by atoms with Crippen molar-refractivity contribution in [3.63, 3.8) is 0 Å². The number of methoxy groups -OCH3 is 1. The van der Waals surface area contributed by atoms with Crippen LogP contribution in [0, 0.1) is 0 Å². The summed E-state index contributed by atoms with van der Waals surface area (Å²) < 4.78 is 10.2. The molecule has 1 saturated heterocycles. The molecule has 3 rings (SSSR count). The molecule has 1 aliphatic rings. The molecular formula is C20H19NO5. The van der Waals surface area contributed by atoms with Crippen LogP contribution in [-0.2, 0) is 30.5 Å². The molecule has 1 unspecified atom stereocenters. The van der Waals surface area contributed by atoms with Crippen molar-refractivity contribution in [2.24, 2.45) is 0 Å². The smallest absolute Gasteiger partial charge is 0.333 e. The van der Waals surface area contributed by atoms with Gasteiger partial charge in [0.2, 0.25) is 5.91 Å². The second-order valence-corrected chi connectivity index (χ2v) is 5.95. The van der Waals surface area contributed by atoms with E-state index in [2.05, 4.69) is 0 Å². The molecule has 0 N–H and O–H groups in total. The molecule has 6 heteroatoms. The molecule has 0 bridgehead atoms. The number of ether oxygens (including phenoxy) is 2. The van der Waals surface area contributed by atoms with Gasteiger partial charge in [-0.1, -0.05) is 60.7 Å². The maximum atomic E-state index is 12.4. The minimum Gasteiger partial charge on any atom is -0.467 e. The zero-order valence-electron chi connectivity index (χ0n) is 14.3. The highest BCUT2D eigenvalue weighted by atomic mass is 16.5. The molecule has 1 heterocycles. The van der Waals surface area contributed by atoms with E-state index >= 15 is 0 Å². The van der Waals surface area contributed by atoms with Crippen molar-refractivity contribution in [1.82, 2.24) is 4.90 Å². The van der Waals surface area contributed by atoms with Gasteiger partial charge in [0.1, 0.15) is 12.6 Å². The maximum absolute atomic E-state index is 12.4. The highest BCUT2D eigenvalue weighted by Gasteiger charge is 2.49. The number of nitrogens with zero attached hydrogens (tertiary/aromatic N) is 1. The molecule has 0 saturated carbocycles. The van der Waals surface area contributed by atoms with E-state index in [1.165, 1.54) is 12.0 Å². The van der Waals surface area contributed by atoms with Crippen molar-refractivity contribution >= 4 is 17.8 Å². The van der Waals surface area contributed by atoms with E-state index in [-0.39, 0.29) is 18.9 Å². The maximum Gasteiger partial charge on any atom is 0.333 e. The molecule has 26 heavy (non-hydrogen) atoms. The number of hydrogen-bond donors (Lipinski definition) is 0. The molecule has 0 spiro atoms. The van der Waals surface area contributed by atoms with Crippen LogP contribution in [-0.4, -0.2) is 35.9 Å². The Kier molecular flexibility index (Phi) is 5.31. The van der Waals surface area contributed by atoms with Gasteiger partial charge in [0.05, 0.1) is 13.5 Å². The first-order valence-electron chi connectivity index (χ1n) is 8.26. The van der Waals surface area contributed by atoms with Crippen LogP contribution in [0.4, 0.5) is 0 Å². The fraction of sp³-hybridized carbons (Fsp3) is 0.250. The average molecular weight is 353 g/mol. The molecule has 0 radical (unpaired) electrons. The van der Waals surface area contributed by atoms with E-state index in [1.54, 1.807) is 30.3 Å². The van der Waals surface area contributed by atoms with Crippen molar-refractivity contribution in [2.45, 2.75) is 25.1 Å². The Morgan fingerprint density at radius 3 is 2.27 bits per heavy atom. The second kappa shape index (κ2) is 7.82. The number of hydrogen-bond acceptors (Lipinski definition) is 5. The lowest BCUT2D eigenvalue weighted by Gasteiger charge is -2.42. The molecule has 1 amide bonds. The van der Waals surface area contributed by atoms with Gasteiger partial charge in [-0.05, 0) is 11.1 Å². The van der Waals surface area contributed by atoms with E-state index in [0.29, 0.717) is 5.56 Å². The second-order valence-electron chi connectivity index (χ2n) is 5.95. The van der Waals surface area contributed by atoms with Crippen LogP contribution in [0.5, 0.6) is 0 Å². The van der Waals surface area contributed by atoms with E-state index in [0.717, 1.165) is 5.56 Å². The van der Waals surface area contributed by atoms with Gasteiger partial charge in [-0.3, -0.25) is 4.79 Å². The zero-order chi connectivity index (χ0) is 18.5. The first kappa shape index (κ1) is 17.7. The van der Waals surface area contributed by atoms with E-state index in [1.807, 2.05) is 30.3 Å². The minimum atomic E-state index is -0.961. The van der Waals surface area contributed by atoms with Gasteiger partial charge in [0, 0.05) is 0 Å². The third-order valence-corrected chi connectivity index (χ3v) is 4.31. The Labute approximate surface area is 151 Å². The molecule has 1 aliphatic heterocycles. The number of amides is 1. The Morgan fingerprint density at radius 2 is 1.69 bits per heavy atom. The normalized spacial score (nSPS) is 17.2. The average Bonchev–Trinajstić information content (AvgIpc) is 2.69. The highest BCUT2D eigenvalue weighted by Crippen LogP contribution is 2.33. The summed E-state index contributed by atoms with van der Waals surface area (Å²) in [6.07, 6.45) is 0.0218. The zero-order valence-corrected chi connectivity index (χ0v) is 14.3. The van der Waals surface area contributed by atoms with Crippen LogP contribution in [0.2, 0.25) is 0 Å². The van der Waals surface area contributed by atoms with Crippen LogP contribution >= 0.6 is 0 Å². The molecule has 0 aromatic heterocycles. The van der Waals surface area contributed by atoms with Gasteiger partial charge in [0.15, 0.2) is 6.04 Å². The SMILES string of the molecule is COC(=O)C(c1ccccc1)N1C(=O)C[C@H]1C(=O)OCc1ccccc1. The summed E-state index contributed by atoms with van der Waals surface area (Å²) >= 11 is 0. The summed E-state index contributed by atoms with van der Waals surface area (Å²) in [5.74, 6) is -1.41. The van der Waals surface area contributed by atoms with Gasteiger partial charge in [0.25, 0.3) is 0 Å². The monoisotopic (exact) mass is 353 g/mol. The molecule has 1 fully saturated rings. The number of carbonyl (C=O) groups is 3. The number of esters is 2. The lowest BCUT2D eigenvalue weighted by Crippen LogP contribution is -2.59. The van der Waals surface area contributed by atoms with Crippen LogP contribution in [0.1, 0.15) is 23.6 Å². The minimum absolute atomic E-state index is 0.0218. The molecule has 2 aromatic carbocycles. The lowest BCUT2D eigenvalue weighted by molar-refractivity contribution is -0.175. The highest BCUT2D eigenvalue weighted by molar-refractivity contribution is 5.98. The number of likely N-dealkylation sites (tertiary alicyclic amines) is 1. The van der Waals surface area contributed by atoms with Crippen LogP contribution in [0.3, 0.4) is 0 Å². The molecule has 2 atom stereocenters. The third-order valence-electron chi connectivity index (χ3n) is 4.31. The van der Waals surface area contributed by atoms with E-state index in [9.17, 15) is 14.4 Å². The van der Waals surface area contributed by atoms with Crippen LogP contribution in [0.15, 0.2) is 60.7 Å². The first-order valence-corrected chi connectivity index (χ1v) is 8.26. The Hall–Kier alpha value is -3.15. The van der Waals surface area contributed by atoms with E-state index < -0.39 is 24.0 Å². The number of benzene rings is 2. The van der Waals surface area contributed by atoms with Crippen molar-refractivity contribution < 1.29 is 23.9 Å². The summed E-state index contributed by atoms with van der Waals surface area (Å²) in [5.41, 5.74) is 1.44. The first-order chi connectivity index (χ1) is 12.6. The van der Waals surface area contributed by atoms with Crippen molar-refractivity contribution in [3.05, 3.63) is 71.8 Å². The summed E-state index contributed by atoms with van der Waals surface area (Å²) in [6.45, 7) is 0.117. The fourth-order valence-corrected chi connectivity index (χ4v) is 2.93. The van der Waals surface area contributed by atoms with E-state index in [4.69, 9.17) is 9.47 Å². The number of rotatable bonds is 6. The summed E-state index contributed by atoms with van der Waals surface area (Å²) in [5, 5.41) is 0. The summed E-state index contributed by atoms with van der Waals surface area (Å²) in [4.78, 5) is 38.1. The van der Waals surface area contributed by atoms with Crippen molar-refractivity contribution in [3.8, 4) is 0 Å². The topological polar surface area (TPSA) is 72.9 Å². The predicted molar refractivity (Wildman–Crippen MR) is 92.7 cm³/mol. The standard InChI is InChI=1S/C20H19NO5/c1-25-20(24)18(15-10-6-3-7-11-15)21-16(12-17(21)22)19(23)26-13-14-8-4-2-5-9-14/h2-11,16,18H,12-13H2,1H3/t16-,18?/m0/s1. The predicted octanol–water partition coefficient (Wildman–Crippen LogP) is 2.25. The Bertz CT molecular complexity index is 790. The van der Waals surface area contributed by atoms with Gasteiger partial charge < -0.3 is 14.4 Å². The van der Waals surface area contributed by atoms with Crippen molar-refractivity contribution in [1.29, 1.82) is 0 Å². The number of β-lactam (4-membered cyclic amide) rings is 1. The van der Waals surface area contributed by atoms with Gasteiger partial charge in [-0.2, -0.15) is 0 Å². The molecule has 0 aliphatic carbocycles. The third kappa shape index (κ3) is 3.59. The molecule has 2 aromatic rings. The molecule has 6 nitrogen and oxygen atoms in total. The largest absolute Gasteiger partial charge is 0.467 e. The van der Waals surface area contributed by atoms with Crippen LogP contribution < -0.4 is 0 Å². The molecule has 134 valence electrons. The lowest BCUT2D eigenvalue weighted by atomic mass is 9.94. The van der Waals surface area contributed by atoms with Gasteiger partial charge >= 0.3 is 11.9 Å². The fourth-order valence-electron chi connectivity index (χ4n) is 2.93. The van der Waals surface area contributed by atoms with Crippen LogP contribution in [0.25, 0.3) is 0 Å². The van der Waals surface area contributed by atoms with Gasteiger partial charge in [-0.25, -0.2) is 9.59 Å². The Balaban J connectivity index is 1.75. The molecular weight excluding hydrogens is 334 g/mol.